The Labute approximate surface area is 239 Å². The van der Waals surface area contributed by atoms with Crippen molar-refractivity contribution >= 4 is 16.9 Å². The van der Waals surface area contributed by atoms with Crippen LogP contribution in [0.15, 0.2) is 57.7 Å². The Bertz CT molecular complexity index is 1710. The van der Waals surface area contributed by atoms with Gasteiger partial charge in [-0.2, -0.15) is 0 Å². The van der Waals surface area contributed by atoms with Crippen LogP contribution in [0.3, 0.4) is 0 Å². The van der Waals surface area contributed by atoms with E-state index in [0.29, 0.717) is 18.7 Å². The number of benzene rings is 3. The summed E-state index contributed by atoms with van der Waals surface area (Å²) in [6, 6.07) is 11.4. The molecule has 1 aliphatic heterocycles. The van der Waals surface area contributed by atoms with Crippen molar-refractivity contribution in [2.24, 2.45) is 0 Å². The Morgan fingerprint density at radius 3 is 2.43 bits per heavy atom. The maximum Gasteiger partial charge on any atom is 0.260 e. The molecule has 12 nitrogen and oxygen atoms in total. The van der Waals surface area contributed by atoms with Gasteiger partial charge in [-0.3, -0.25) is 9.59 Å². The van der Waals surface area contributed by atoms with E-state index in [4.69, 9.17) is 23.4 Å². The molecule has 4 aromatic rings. The molecular weight excluding hydrogens is 550 g/mol. The highest BCUT2D eigenvalue weighted by Crippen LogP contribution is 2.44. The summed E-state index contributed by atoms with van der Waals surface area (Å²) in [5.74, 6) is -1.17. The molecule has 5 rings (SSSR count). The van der Waals surface area contributed by atoms with Crippen molar-refractivity contribution in [2.75, 3.05) is 26.8 Å². The van der Waals surface area contributed by atoms with E-state index in [0.717, 1.165) is 0 Å². The molecule has 4 N–H and O–H groups in total. The first-order valence-corrected chi connectivity index (χ1v) is 13.1. The van der Waals surface area contributed by atoms with Gasteiger partial charge in [0.25, 0.3) is 5.91 Å². The third-order valence-electron chi connectivity index (χ3n) is 6.90. The van der Waals surface area contributed by atoms with Gasteiger partial charge in [-0.1, -0.05) is 6.07 Å². The number of phenols is 2. The molecule has 0 saturated carbocycles. The predicted molar refractivity (Wildman–Crippen MR) is 149 cm³/mol. The quantitative estimate of drug-likeness (QED) is 0.240. The first kappa shape index (κ1) is 28.4. The Hall–Kier alpha value is -5.10. The lowest BCUT2D eigenvalue weighted by molar-refractivity contribution is -0.132. The molecule has 1 amide bonds. The lowest BCUT2D eigenvalue weighted by Crippen LogP contribution is -2.34. The van der Waals surface area contributed by atoms with Crippen molar-refractivity contribution in [3.8, 4) is 51.6 Å². The number of aliphatic hydroxyl groups is 1. The van der Waals surface area contributed by atoms with Crippen LogP contribution in [0.25, 0.3) is 22.3 Å². The monoisotopic (exact) mass is 579 g/mol. The van der Waals surface area contributed by atoms with Gasteiger partial charge in [0, 0.05) is 36.3 Å². The van der Waals surface area contributed by atoms with E-state index in [1.807, 2.05) is 13.8 Å². The van der Waals surface area contributed by atoms with E-state index < -0.39 is 29.3 Å². The molecular formula is C30H29NO11. The van der Waals surface area contributed by atoms with E-state index in [9.17, 15) is 30.0 Å². The van der Waals surface area contributed by atoms with E-state index in [-0.39, 0.29) is 63.6 Å². The number of ether oxygens (including phenoxy) is 4. The van der Waals surface area contributed by atoms with Crippen LogP contribution in [0.1, 0.15) is 25.5 Å². The fourth-order valence-electron chi connectivity index (χ4n) is 4.69. The second-order valence-corrected chi connectivity index (χ2v) is 9.42. The summed E-state index contributed by atoms with van der Waals surface area (Å²) in [5, 5.41) is 41.5. The fraction of sp³-hybridized carbons (Fsp3) is 0.267. The van der Waals surface area contributed by atoms with Crippen LogP contribution in [-0.2, 0) is 4.79 Å². The molecule has 0 fully saturated rings. The highest BCUT2D eigenvalue weighted by Gasteiger charge is 2.33. The minimum absolute atomic E-state index is 0.0857. The summed E-state index contributed by atoms with van der Waals surface area (Å²) in [4.78, 5) is 27.0. The third-order valence-corrected chi connectivity index (χ3v) is 6.90. The Balaban J connectivity index is 1.49. The molecule has 1 aromatic heterocycles. The van der Waals surface area contributed by atoms with Gasteiger partial charge in [0.05, 0.1) is 7.11 Å². The SMILES string of the molecule is CCN(CC)C(=O)COc1cc(O)c2c(=O)c(O)c(-c3ccc4c(c3)OC(c3ccc(O)c(OC)c3)C(O)O4)oc2c1. The number of nitrogens with zero attached hydrogens (tertiary/aromatic N) is 1. The predicted octanol–water partition coefficient (Wildman–Crippen LogP) is 3.66. The van der Waals surface area contributed by atoms with E-state index in [1.54, 1.807) is 11.0 Å². The van der Waals surface area contributed by atoms with Gasteiger partial charge in [-0.05, 0) is 44.2 Å². The molecule has 3 aromatic carbocycles. The molecule has 0 aliphatic carbocycles. The number of rotatable bonds is 8. The largest absolute Gasteiger partial charge is 0.507 e. The van der Waals surface area contributed by atoms with Crippen LogP contribution in [0.2, 0.25) is 0 Å². The van der Waals surface area contributed by atoms with Gasteiger partial charge in [0.2, 0.25) is 17.5 Å². The number of fused-ring (bicyclic) bond motifs is 2. The molecule has 0 saturated heterocycles. The van der Waals surface area contributed by atoms with Gasteiger partial charge >= 0.3 is 0 Å². The molecule has 0 bridgehead atoms. The molecule has 2 unspecified atom stereocenters. The summed E-state index contributed by atoms with van der Waals surface area (Å²) in [6.07, 6.45) is -2.39. The highest BCUT2D eigenvalue weighted by molar-refractivity contribution is 5.88. The molecule has 0 radical (unpaired) electrons. The van der Waals surface area contributed by atoms with Crippen LogP contribution in [-0.4, -0.2) is 64.3 Å². The summed E-state index contributed by atoms with van der Waals surface area (Å²) >= 11 is 0. The van der Waals surface area contributed by atoms with Gasteiger partial charge in [0.15, 0.2) is 41.5 Å². The third kappa shape index (κ3) is 5.19. The molecule has 2 heterocycles. The fourth-order valence-corrected chi connectivity index (χ4v) is 4.69. The van der Waals surface area contributed by atoms with E-state index in [1.165, 1.54) is 49.6 Å². The van der Waals surface area contributed by atoms with E-state index in [2.05, 4.69) is 0 Å². The smallest absolute Gasteiger partial charge is 0.260 e. The lowest BCUT2D eigenvalue weighted by Gasteiger charge is -2.31. The number of amides is 1. The number of carbonyl (C=O) groups is 1. The zero-order valence-corrected chi connectivity index (χ0v) is 23.0. The van der Waals surface area contributed by atoms with Gasteiger partial charge in [-0.25, -0.2) is 0 Å². The number of carbonyl (C=O) groups excluding carboxylic acids is 1. The standard InChI is InChI=1S/C30H29NO11/c1-4-31(5-2)24(34)14-39-17-12-19(33)25-23(13-17)41-28(27(36)26(25)35)15-7-9-20-22(11-15)40-29(30(37)42-20)16-6-8-18(32)21(10-16)38-3/h6-13,29-30,32-33,36-37H,4-5,14H2,1-3H3. The molecule has 220 valence electrons. The zero-order chi connectivity index (χ0) is 30.1. The Morgan fingerprint density at radius 1 is 0.952 bits per heavy atom. The van der Waals surface area contributed by atoms with Crippen LogP contribution in [0, 0.1) is 0 Å². The lowest BCUT2D eigenvalue weighted by atomic mass is 10.1. The second-order valence-electron chi connectivity index (χ2n) is 9.42. The highest BCUT2D eigenvalue weighted by atomic mass is 16.7. The summed E-state index contributed by atoms with van der Waals surface area (Å²) in [6.45, 7) is 4.42. The summed E-state index contributed by atoms with van der Waals surface area (Å²) in [5.41, 5.74) is -0.281. The number of phenolic OH excluding ortho intramolecular Hbond substituents is 2. The Kier molecular flexibility index (Phi) is 7.72. The summed E-state index contributed by atoms with van der Waals surface area (Å²) in [7, 11) is 1.39. The van der Waals surface area contributed by atoms with Crippen LogP contribution in [0.4, 0.5) is 0 Å². The first-order valence-electron chi connectivity index (χ1n) is 13.1. The van der Waals surface area contributed by atoms with Gasteiger partial charge in [0.1, 0.15) is 22.5 Å². The van der Waals surface area contributed by atoms with Crippen LogP contribution in [0.5, 0.6) is 40.2 Å². The molecule has 2 atom stereocenters. The van der Waals surface area contributed by atoms with Crippen molar-refractivity contribution in [1.29, 1.82) is 0 Å². The summed E-state index contributed by atoms with van der Waals surface area (Å²) < 4.78 is 28.2. The van der Waals surface area contributed by atoms with Crippen molar-refractivity contribution in [3.63, 3.8) is 0 Å². The molecule has 42 heavy (non-hydrogen) atoms. The molecule has 0 spiro atoms. The van der Waals surface area contributed by atoms with Gasteiger partial charge < -0.3 is 48.7 Å². The second kappa shape index (κ2) is 11.4. The number of methoxy groups -OCH3 is 1. The number of hydrogen-bond donors (Lipinski definition) is 4. The maximum absolute atomic E-state index is 13.1. The molecule has 1 aliphatic rings. The minimum Gasteiger partial charge on any atom is -0.507 e. The maximum atomic E-state index is 13.1. The van der Waals surface area contributed by atoms with Crippen molar-refractivity contribution in [3.05, 3.63) is 64.3 Å². The van der Waals surface area contributed by atoms with Crippen molar-refractivity contribution < 1.29 is 48.6 Å². The minimum atomic E-state index is -1.39. The molecule has 12 heteroatoms. The normalized spacial score (nSPS) is 15.8. The van der Waals surface area contributed by atoms with Crippen molar-refractivity contribution in [2.45, 2.75) is 26.2 Å². The topological polar surface area (TPSA) is 168 Å². The number of aromatic hydroxyl groups is 3. The number of hydrogen-bond acceptors (Lipinski definition) is 11. The zero-order valence-electron chi connectivity index (χ0n) is 23.0. The number of aliphatic hydroxyl groups excluding tert-OH is 1. The average Bonchev–Trinajstić information content (AvgIpc) is 2.98. The van der Waals surface area contributed by atoms with Crippen molar-refractivity contribution in [1.82, 2.24) is 4.90 Å². The van der Waals surface area contributed by atoms with Gasteiger partial charge in [-0.15, -0.1) is 0 Å². The first-order chi connectivity index (χ1) is 20.1. The van der Waals surface area contributed by atoms with Crippen LogP contribution >= 0.6 is 0 Å². The Morgan fingerprint density at radius 2 is 1.71 bits per heavy atom. The average molecular weight is 580 g/mol. The number of likely N-dealkylation sites (N-methyl/N-ethyl adjacent to an activating group) is 1. The van der Waals surface area contributed by atoms with E-state index >= 15 is 0 Å². The van der Waals surface area contributed by atoms with Crippen LogP contribution < -0.4 is 24.4 Å².